The van der Waals surface area contributed by atoms with E-state index in [2.05, 4.69) is 11.8 Å². The van der Waals surface area contributed by atoms with Gasteiger partial charge in [-0.1, -0.05) is 65.4 Å². The number of methoxy groups -OCH3 is 1. The van der Waals surface area contributed by atoms with Crippen LogP contribution in [0, 0.1) is 18.8 Å². The van der Waals surface area contributed by atoms with Gasteiger partial charge in [-0.15, -0.1) is 0 Å². The molecule has 0 heterocycles. The van der Waals surface area contributed by atoms with E-state index in [9.17, 15) is 5.11 Å². The third-order valence-electron chi connectivity index (χ3n) is 4.43. The highest BCUT2D eigenvalue weighted by Crippen LogP contribution is 2.31. The summed E-state index contributed by atoms with van der Waals surface area (Å²) in [7, 11) is 1.64. The molecule has 3 aromatic carbocycles. The summed E-state index contributed by atoms with van der Waals surface area (Å²) >= 11 is 5.98. The van der Waals surface area contributed by atoms with E-state index in [0.29, 0.717) is 5.02 Å². The molecule has 0 spiro atoms. The molecular weight excluding hydrogens is 356 g/mol. The Labute approximate surface area is 165 Å². The van der Waals surface area contributed by atoms with Crippen molar-refractivity contribution in [3.05, 3.63) is 100 Å². The van der Waals surface area contributed by atoms with Gasteiger partial charge in [-0.25, -0.2) is 0 Å². The fourth-order valence-electron chi connectivity index (χ4n) is 2.81. The van der Waals surface area contributed by atoms with Crippen molar-refractivity contribution in [1.82, 2.24) is 0 Å². The first kappa shape index (κ1) is 19.0. The van der Waals surface area contributed by atoms with Crippen molar-refractivity contribution >= 4 is 11.6 Å². The van der Waals surface area contributed by atoms with Crippen molar-refractivity contribution < 1.29 is 9.84 Å². The van der Waals surface area contributed by atoms with E-state index in [1.165, 1.54) is 5.56 Å². The second kappa shape index (κ2) is 8.77. The molecule has 3 aromatic rings. The molecular formula is C24H21ClO2. The maximum absolute atomic E-state index is 11.0. The number of benzene rings is 3. The fraction of sp³-hybridized carbons (Fsp3) is 0.167. The summed E-state index contributed by atoms with van der Waals surface area (Å²) in [5, 5.41) is 11.6. The summed E-state index contributed by atoms with van der Waals surface area (Å²) in [6.07, 6.45) is -0.754. The molecule has 3 heteroatoms. The molecule has 3 rings (SSSR count). The Kier molecular flexibility index (Phi) is 6.19. The second-order valence-electron chi connectivity index (χ2n) is 6.38. The molecule has 1 unspecified atom stereocenters. The zero-order valence-electron chi connectivity index (χ0n) is 15.3. The molecule has 2 atom stereocenters. The summed E-state index contributed by atoms with van der Waals surface area (Å²) in [6, 6.07) is 22.9. The normalized spacial score (nSPS) is 12.6. The van der Waals surface area contributed by atoms with Gasteiger partial charge in [0.05, 0.1) is 19.1 Å². The molecule has 2 nitrogen and oxygen atoms in total. The van der Waals surface area contributed by atoms with Gasteiger partial charge in [0.2, 0.25) is 0 Å². The van der Waals surface area contributed by atoms with Crippen molar-refractivity contribution in [2.45, 2.75) is 18.9 Å². The molecule has 0 aliphatic carbocycles. The number of halogens is 1. The van der Waals surface area contributed by atoms with Crippen LogP contribution in [0.1, 0.15) is 34.3 Å². The maximum Gasteiger partial charge on any atom is 0.118 e. The Bertz CT molecular complexity index is 933. The highest BCUT2D eigenvalue weighted by Gasteiger charge is 2.21. The Morgan fingerprint density at radius 2 is 1.44 bits per heavy atom. The van der Waals surface area contributed by atoms with Crippen molar-refractivity contribution in [2.24, 2.45) is 0 Å². The monoisotopic (exact) mass is 376 g/mol. The zero-order valence-corrected chi connectivity index (χ0v) is 16.1. The van der Waals surface area contributed by atoms with Gasteiger partial charge in [-0.3, -0.25) is 0 Å². The highest BCUT2D eigenvalue weighted by molar-refractivity contribution is 6.30. The van der Waals surface area contributed by atoms with Crippen LogP contribution >= 0.6 is 11.6 Å². The van der Waals surface area contributed by atoms with Crippen LogP contribution in [0.15, 0.2) is 72.8 Å². The summed E-state index contributed by atoms with van der Waals surface area (Å²) < 4.78 is 5.18. The number of ether oxygens (including phenoxy) is 1. The van der Waals surface area contributed by atoms with Crippen molar-refractivity contribution in [3.63, 3.8) is 0 Å². The summed E-state index contributed by atoms with van der Waals surface area (Å²) in [4.78, 5) is 0. The summed E-state index contributed by atoms with van der Waals surface area (Å²) in [5.74, 6) is 6.86. The number of aliphatic hydroxyl groups excluding tert-OH is 1. The molecule has 136 valence electrons. The highest BCUT2D eigenvalue weighted by atomic mass is 35.5. The third kappa shape index (κ3) is 4.92. The van der Waals surface area contributed by atoms with Crippen LogP contribution in [0.5, 0.6) is 5.75 Å². The van der Waals surface area contributed by atoms with Gasteiger partial charge in [0.25, 0.3) is 0 Å². The third-order valence-corrected chi connectivity index (χ3v) is 4.68. The summed E-state index contributed by atoms with van der Waals surface area (Å²) in [5.41, 5.74) is 3.80. The Hall–Kier alpha value is -2.73. The van der Waals surface area contributed by atoms with E-state index in [1.54, 1.807) is 19.2 Å². The summed E-state index contributed by atoms with van der Waals surface area (Å²) in [6.45, 7) is 2.04. The lowest BCUT2D eigenvalue weighted by atomic mass is 9.89. The standard InChI is InChI=1S/C24H21ClO2/c1-17-3-8-19(9-4-17)23(24(26)20-10-12-21(25)13-11-20)16-7-18-5-14-22(27-2)15-6-18/h3-6,8-15,23-24,26H,1-2H3/t23?,24-/m1/s1. The van der Waals surface area contributed by atoms with Crippen LogP contribution < -0.4 is 4.74 Å². The van der Waals surface area contributed by atoms with Gasteiger partial charge < -0.3 is 9.84 Å². The molecule has 27 heavy (non-hydrogen) atoms. The van der Waals surface area contributed by atoms with Gasteiger partial charge in [-0.2, -0.15) is 0 Å². The quantitative estimate of drug-likeness (QED) is 0.607. The molecule has 0 amide bonds. The Balaban J connectivity index is 1.95. The lowest BCUT2D eigenvalue weighted by Crippen LogP contribution is -2.09. The fourth-order valence-corrected chi connectivity index (χ4v) is 2.93. The lowest BCUT2D eigenvalue weighted by Gasteiger charge is -2.19. The second-order valence-corrected chi connectivity index (χ2v) is 6.82. The van der Waals surface area contributed by atoms with Crippen LogP contribution in [-0.4, -0.2) is 12.2 Å². The van der Waals surface area contributed by atoms with Gasteiger partial charge in [0.15, 0.2) is 0 Å². The van der Waals surface area contributed by atoms with Gasteiger partial charge in [0.1, 0.15) is 5.75 Å². The maximum atomic E-state index is 11.0. The average Bonchev–Trinajstić information content (AvgIpc) is 2.70. The SMILES string of the molecule is COc1ccc(C#CC(c2ccc(C)cc2)[C@H](O)c2ccc(Cl)cc2)cc1. The van der Waals surface area contributed by atoms with Crippen LogP contribution in [0.4, 0.5) is 0 Å². The predicted octanol–water partition coefficient (Wildman–Crippen LogP) is 5.53. The van der Waals surface area contributed by atoms with Gasteiger partial charge >= 0.3 is 0 Å². The van der Waals surface area contributed by atoms with Crippen LogP contribution in [0.25, 0.3) is 0 Å². The van der Waals surface area contributed by atoms with Crippen LogP contribution in [0.2, 0.25) is 5.02 Å². The molecule has 0 saturated heterocycles. The smallest absolute Gasteiger partial charge is 0.118 e. The molecule has 0 aliphatic rings. The molecule has 0 fully saturated rings. The first-order valence-electron chi connectivity index (χ1n) is 8.72. The predicted molar refractivity (Wildman–Crippen MR) is 110 cm³/mol. The molecule has 1 N–H and O–H groups in total. The van der Waals surface area contributed by atoms with Crippen molar-refractivity contribution in [2.75, 3.05) is 7.11 Å². The van der Waals surface area contributed by atoms with Gasteiger partial charge in [-0.05, 0) is 54.4 Å². The van der Waals surface area contributed by atoms with E-state index < -0.39 is 6.10 Å². The first-order chi connectivity index (χ1) is 13.1. The minimum Gasteiger partial charge on any atom is -0.497 e. The number of rotatable bonds is 4. The number of hydrogen-bond acceptors (Lipinski definition) is 2. The van der Waals surface area contributed by atoms with E-state index >= 15 is 0 Å². The number of hydrogen-bond donors (Lipinski definition) is 1. The molecule has 0 aliphatic heterocycles. The largest absolute Gasteiger partial charge is 0.497 e. The molecule has 0 aromatic heterocycles. The Morgan fingerprint density at radius 3 is 2.04 bits per heavy atom. The number of aliphatic hydroxyl groups is 1. The zero-order chi connectivity index (χ0) is 19.2. The van der Waals surface area contributed by atoms with Crippen LogP contribution in [-0.2, 0) is 0 Å². The topological polar surface area (TPSA) is 29.5 Å². The first-order valence-corrected chi connectivity index (χ1v) is 9.10. The van der Waals surface area contributed by atoms with Crippen molar-refractivity contribution in [1.29, 1.82) is 0 Å². The molecule has 0 bridgehead atoms. The minimum absolute atomic E-state index is 0.353. The van der Waals surface area contributed by atoms with Gasteiger partial charge in [0, 0.05) is 10.6 Å². The van der Waals surface area contributed by atoms with Crippen molar-refractivity contribution in [3.8, 4) is 17.6 Å². The van der Waals surface area contributed by atoms with E-state index in [-0.39, 0.29) is 5.92 Å². The molecule has 0 saturated carbocycles. The van der Waals surface area contributed by atoms with E-state index in [1.807, 2.05) is 67.6 Å². The molecule has 0 radical (unpaired) electrons. The van der Waals surface area contributed by atoms with E-state index in [4.69, 9.17) is 16.3 Å². The minimum atomic E-state index is -0.754. The van der Waals surface area contributed by atoms with E-state index in [0.717, 1.165) is 22.4 Å². The average molecular weight is 377 g/mol. The van der Waals surface area contributed by atoms with Crippen LogP contribution in [0.3, 0.4) is 0 Å². The lowest BCUT2D eigenvalue weighted by molar-refractivity contribution is 0.165. The Morgan fingerprint density at radius 1 is 0.852 bits per heavy atom. The number of aryl methyl sites for hydroxylation is 1.